The molecule has 0 heterocycles. The van der Waals surface area contributed by atoms with Gasteiger partial charge in [0, 0.05) is 13.0 Å². The van der Waals surface area contributed by atoms with Gasteiger partial charge < -0.3 is 20.8 Å². The van der Waals surface area contributed by atoms with Gasteiger partial charge in [-0.2, -0.15) is 0 Å². The zero-order chi connectivity index (χ0) is 19.0. The molecule has 1 rings (SSSR count). The normalized spacial score (nSPS) is 13.3. The third-order valence-electron chi connectivity index (χ3n) is 3.82. The Labute approximate surface area is 147 Å². The predicted molar refractivity (Wildman–Crippen MR) is 92.7 cm³/mol. The maximum absolute atomic E-state index is 12.7. The second-order valence-electron chi connectivity index (χ2n) is 6.47. The van der Waals surface area contributed by atoms with Gasteiger partial charge in [0.05, 0.1) is 6.04 Å². The van der Waals surface area contributed by atoms with Crippen LogP contribution in [0.2, 0.25) is 0 Å². The van der Waals surface area contributed by atoms with Crippen LogP contribution < -0.4 is 5.73 Å². The number of hydrogen-bond acceptors (Lipinski definition) is 4. The average Bonchev–Trinajstić information content (AvgIpc) is 2.55. The molecule has 7 heteroatoms. The lowest BCUT2D eigenvalue weighted by molar-refractivity contribution is -0.152. The van der Waals surface area contributed by atoms with Crippen LogP contribution in [0.1, 0.15) is 38.7 Å². The molecule has 0 radical (unpaired) electrons. The smallest absolute Gasteiger partial charge is 0.326 e. The summed E-state index contributed by atoms with van der Waals surface area (Å²) in [5, 5.41) is 18.4. The molecule has 0 saturated carbocycles. The highest BCUT2D eigenvalue weighted by molar-refractivity contribution is 5.87. The number of carboxylic acid groups (broad SMARTS) is 2. The molecule has 7 nitrogen and oxygen atoms in total. The van der Waals surface area contributed by atoms with Gasteiger partial charge in [0.1, 0.15) is 6.04 Å². The Morgan fingerprint density at radius 2 is 1.72 bits per heavy atom. The number of hydrogen-bond donors (Lipinski definition) is 3. The van der Waals surface area contributed by atoms with Crippen LogP contribution in [0, 0.1) is 5.92 Å². The first-order valence-electron chi connectivity index (χ1n) is 8.27. The van der Waals surface area contributed by atoms with Crippen molar-refractivity contribution in [3.05, 3.63) is 35.9 Å². The van der Waals surface area contributed by atoms with E-state index in [0.717, 1.165) is 5.56 Å². The fourth-order valence-corrected chi connectivity index (χ4v) is 2.55. The maximum Gasteiger partial charge on any atom is 0.326 e. The van der Waals surface area contributed by atoms with Gasteiger partial charge in [0.2, 0.25) is 5.91 Å². The number of carboxylic acids is 2. The van der Waals surface area contributed by atoms with Crippen LogP contribution in [0.5, 0.6) is 0 Å². The van der Waals surface area contributed by atoms with Crippen molar-refractivity contribution < 1.29 is 24.6 Å². The molecule has 0 spiro atoms. The van der Waals surface area contributed by atoms with Crippen molar-refractivity contribution in [1.29, 1.82) is 0 Å². The molecule has 0 saturated heterocycles. The Kier molecular flexibility index (Phi) is 8.07. The minimum Gasteiger partial charge on any atom is -0.481 e. The molecule has 0 aromatic heterocycles. The van der Waals surface area contributed by atoms with Gasteiger partial charge in [0.15, 0.2) is 0 Å². The summed E-state index contributed by atoms with van der Waals surface area (Å²) in [4.78, 5) is 36.4. The molecule has 0 unspecified atom stereocenters. The molecular formula is C18H26N2O5. The lowest BCUT2D eigenvalue weighted by atomic mass is 10.00. The largest absolute Gasteiger partial charge is 0.481 e. The first-order valence-corrected chi connectivity index (χ1v) is 8.27. The van der Waals surface area contributed by atoms with Crippen molar-refractivity contribution in [2.24, 2.45) is 11.7 Å². The fourth-order valence-electron chi connectivity index (χ4n) is 2.55. The van der Waals surface area contributed by atoms with E-state index in [4.69, 9.17) is 10.8 Å². The number of benzene rings is 1. The second kappa shape index (κ2) is 9.78. The summed E-state index contributed by atoms with van der Waals surface area (Å²) < 4.78 is 0. The Bertz CT molecular complexity index is 588. The van der Waals surface area contributed by atoms with E-state index in [1.807, 2.05) is 19.9 Å². The van der Waals surface area contributed by atoms with Gasteiger partial charge in [0.25, 0.3) is 0 Å². The zero-order valence-electron chi connectivity index (χ0n) is 14.6. The first kappa shape index (κ1) is 20.6. The molecule has 0 aliphatic carbocycles. The highest BCUT2D eigenvalue weighted by Gasteiger charge is 2.33. The highest BCUT2D eigenvalue weighted by atomic mass is 16.4. The van der Waals surface area contributed by atoms with E-state index in [1.165, 1.54) is 4.90 Å². The predicted octanol–water partition coefficient (Wildman–Crippen LogP) is 1.71. The average molecular weight is 350 g/mol. The van der Waals surface area contributed by atoms with E-state index < -0.39 is 29.9 Å². The number of nitrogens with zero attached hydrogens (tertiary/aromatic N) is 1. The summed E-state index contributed by atoms with van der Waals surface area (Å²) in [6.07, 6.45) is 0.0149. The minimum atomic E-state index is -1.09. The van der Waals surface area contributed by atoms with Crippen LogP contribution in [-0.2, 0) is 20.9 Å². The maximum atomic E-state index is 12.7. The standard InChI is InChI=1S/C18H26N2O5/c1-12(2)10-15(18(24)25)20(11-13-6-4-3-5-7-13)17(23)14(19)8-9-16(21)22/h3-7,12,14-15H,8-11,19H2,1-2H3,(H,21,22)(H,24,25)/t14-,15-/m0/s1. The lowest BCUT2D eigenvalue weighted by Crippen LogP contribution is -2.51. The van der Waals surface area contributed by atoms with Crippen molar-refractivity contribution >= 4 is 17.8 Å². The number of carbonyl (C=O) groups is 3. The number of carbonyl (C=O) groups excluding carboxylic acids is 1. The molecule has 1 aromatic rings. The van der Waals surface area contributed by atoms with Crippen molar-refractivity contribution in [3.63, 3.8) is 0 Å². The first-order chi connectivity index (χ1) is 11.7. The number of nitrogens with two attached hydrogens (primary N) is 1. The van der Waals surface area contributed by atoms with Crippen LogP contribution >= 0.6 is 0 Å². The molecule has 1 amide bonds. The lowest BCUT2D eigenvalue weighted by Gasteiger charge is -2.32. The summed E-state index contributed by atoms with van der Waals surface area (Å²) in [5.41, 5.74) is 6.63. The highest BCUT2D eigenvalue weighted by Crippen LogP contribution is 2.18. The van der Waals surface area contributed by atoms with Crippen LogP contribution in [0.15, 0.2) is 30.3 Å². The van der Waals surface area contributed by atoms with E-state index in [0.29, 0.717) is 6.42 Å². The van der Waals surface area contributed by atoms with Crippen molar-refractivity contribution in [2.75, 3.05) is 0 Å². The molecule has 0 aliphatic rings. The van der Waals surface area contributed by atoms with Crippen LogP contribution in [0.4, 0.5) is 0 Å². The van der Waals surface area contributed by atoms with Crippen molar-refractivity contribution in [2.45, 2.75) is 51.7 Å². The van der Waals surface area contributed by atoms with Gasteiger partial charge in [-0.3, -0.25) is 9.59 Å². The summed E-state index contributed by atoms with van der Waals surface area (Å²) in [6, 6.07) is 6.99. The van der Waals surface area contributed by atoms with E-state index >= 15 is 0 Å². The summed E-state index contributed by atoms with van der Waals surface area (Å²) in [6.45, 7) is 3.88. The summed E-state index contributed by atoms with van der Waals surface area (Å²) in [7, 11) is 0. The number of aliphatic carboxylic acids is 2. The van der Waals surface area contributed by atoms with Crippen LogP contribution in [0.25, 0.3) is 0 Å². The molecule has 0 fully saturated rings. The summed E-state index contributed by atoms with van der Waals surface area (Å²) >= 11 is 0. The van der Waals surface area contributed by atoms with Gasteiger partial charge in [-0.25, -0.2) is 4.79 Å². The van der Waals surface area contributed by atoms with Crippen LogP contribution in [0.3, 0.4) is 0 Å². The molecule has 25 heavy (non-hydrogen) atoms. The van der Waals surface area contributed by atoms with Crippen molar-refractivity contribution in [1.82, 2.24) is 4.90 Å². The molecule has 0 bridgehead atoms. The van der Waals surface area contributed by atoms with Crippen LogP contribution in [-0.4, -0.2) is 45.0 Å². The SMILES string of the molecule is CC(C)C[C@@H](C(=O)O)N(Cc1ccccc1)C(=O)[C@@H](N)CCC(=O)O. The van der Waals surface area contributed by atoms with Gasteiger partial charge >= 0.3 is 11.9 Å². The van der Waals surface area contributed by atoms with E-state index in [1.54, 1.807) is 24.3 Å². The Balaban J connectivity index is 3.05. The quantitative estimate of drug-likeness (QED) is 0.590. The monoisotopic (exact) mass is 350 g/mol. The molecule has 4 N–H and O–H groups in total. The summed E-state index contributed by atoms with van der Waals surface area (Å²) in [5.74, 6) is -2.61. The second-order valence-corrected chi connectivity index (χ2v) is 6.47. The van der Waals surface area contributed by atoms with Gasteiger partial charge in [-0.15, -0.1) is 0 Å². The molecular weight excluding hydrogens is 324 g/mol. The molecule has 1 aromatic carbocycles. The Morgan fingerprint density at radius 3 is 2.20 bits per heavy atom. The minimum absolute atomic E-state index is 0.0343. The van der Waals surface area contributed by atoms with E-state index in [-0.39, 0.29) is 25.3 Å². The van der Waals surface area contributed by atoms with Gasteiger partial charge in [-0.05, 0) is 24.3 Å². The van der Waals surface area contributed by atoms with E-state index in [9.17, 15) is 19.5 Å². The molecule has 0 aliphatic heterocycles. The topological polar surface area (TPSA) is 121 Å². The fraction of sp³-hybridized carbons (Fsp3) is 0.500. The third-order valence-corrected chi connectivity index (χ3v) is 3.82. The number of rotatable bonds is 10. The molecule has 138 valence electrons. The van der Waals surface area contributed by atoms with Gasteiger partial charge in [-0.1, -0.05) is 44.2 Å². The Hall–Kier alpha value is -2.41. The number of amides is 1. The molecule has 2 atom stereocenters. The third kappa shape index (κ3) is 6.93. The zero-order valence-corrected chi connectivity index (χ0v) is 14.6. The van der Waals surface area contributed by atoms with Crippen molar-refractivity contribution in [3.8, 4) is 0 Å². The van der Waals surface area contributed by atoms with E-state index in [2.05, 4.69) is 0 Å². The Morgan fingerprint density at radius 1 is 1.12 bits per heavy atom.